The summed E-state index contributed by atoms with van der Waals surface area (Å²) in [6.45, 7) is 4.20. The normalized spacial score (nSPS) is 14.4. The smallest absolute Gasteiger partial charge is 0.313 e. The van der Waals surface area contributed by atoms with Crippen molar-refractivity contribution in [3.05, 3.63) is 118 Å². The van der Waals surface area contributed by atoms with E-state index in [1.807, 2.05) is 30.3 Å². The fourth-order valence-electron chi connectivity index (χ4n) is 5.46. The molecule has 0 radical (unpaired) electrons. The van der Waals surface area contributed by atoms with Crippen molar-refractivity contribution in [1.29, 1.82) is 0 Å². The maximum atomic E-state index is 13.1. The number of ether oxygens (including phenoxy) is 2. The van der Waals surface area contributed by atoms with Crippen LogP contribution in [0.1, 0.15) is 35.2 Å². The highest BCUT2D eigenvalue weighted by molar-refractivity contribution is 6.39. The van der Waals surface area contributed by atoms with Gasteiger partial charge >= 0.3 is 11.8 Å². The number of benzene rings is 3. The number of piperazine rings is 1. The molecule has 3 N–H and O–H groups in total. The Morgan fingerprint density at radius 3 is 2.38 bits per heavy atom. The van der Waals surface area contributed by atoms with E-state index in [-0.39, 0.29) is 23.5 Å². The van der Waals surface area contributed by atoms with Crippen LogP contribution in [0.15, 0.2) is 90.3 Å². The maximum absolute atomic E-state index is 13.1. The Bertz CT molecular complexity index is 1730. The molecule has 244 valence electrons. The van der Waals surface area contributed by atoms with E-state index in [1.165, 1.54) is 18.2 Å². The van der Waals surface area contributed by atoms with Crippen molar-refractivity contribution in [3.8, 4) is 11.5 Å². The van der Waals surface area contributed by atoms with Gasteiger partial charge in [-0.3, -0.25) is 19.5 Å². The van der Waals surface area contributed by atoms with Gasteiger partial charge in [0.15, 0.2) is 0 Å². The monoisotopic (exact) mass is 658 g/mol. The molecule has 3 aromatic carbocycles. The number of nitrogens with two attached hydrogens (primary N) is 1. The number of carbonyl (C=O) groups is 2. The second kappa shape index (κ2) is 15.5. The molecule has 10 nitrogen and oxygen atoms in total. The Balaban J connectivity index is 1.18. The van der Waals surface area contributed by atoms with Gasteiger partial charge in [0, 0.05) is 62.3 Å². The number of anilines is 1. The van der Waals surface area contributed by atoms with Gasteiger partial charge in [0.25, 0.3) is 0 Å². The zero-order valence-electron chi connectivity index (χ0n) is 26.2. The molecule has 2 amide bonds. The van der Waals surface area contributed by atoms with Crippen LogP contribution >= 0.6 is 11.6 Å². The van der Waals surface area contributed by atoms with Gasteiger partial charge in [-0.1, -0.05) is 29.8 Å². The number of nitrogens with zero attached hydrogens (tertiary/aromatic N) is 4. The number of hydrogen-bond donors (Lipinski definition) is 2. The topological polar surface area (TPSA) is 122 Å². The average molecular weight is 659 g/mol. The molecule has 1 saturated heterocycles. The van der Waals surface area contributed by atoms with E-state index in [2.05, 4.69) is 27.2 Å². The van der Waals surface area contributed by atoms with E-state index in [0.717, 1.165) is 28.0 Å². The number of aromatic nitrogens is 1. The van der Waals surface area contributed by atoms with Crippen LogP contribution in [0.5, 0.6) is 11.5 Å². The zero-order valence-corrected chi connectivity index (χ0v) is 26.9. The van der Waals surface area contributed by atoms with Gasteiger partial charge in [0.05, 0.1) is 17.8 Å². The first-order chi connectivity index (χ1) is 22.7. The molecule has 0 saturated carbocycles. The lowest BCUT2D eigenvalue weighted by atomic mass is 9.93. The number of carbonyl (C=O) groups excluding carboxylic acids is 2. The summed E-state index contributed by atoms with van der Waals surface area (Å²) >= 11 is 6.36. The van der Waals surface area contributed by atoms with Gasteiger partial charge in [0.2, 0.25) is 0 Å². The summed E-state index contributed by atoms with van der Waals surface area (Å²) in [6.07, 6.45) is 4.00. The quantitative estimate of drug-likeness (QED) is 0.104. The minimum Gasteiger partial charge on any atom is -0.497 e. The Hall–Kier alpha value is -5.00. The van der Waals surface area contributed by atoms with Crippen molar-refractivity contribution in [3.63, 3.8) is 0 Å². The highest BCUT2D eigenvalue weighted by Gasteiger charge is 2.30. The number of nitrogens with one attached hydrogen (secondary N) is 1. The van der Waals surface area contributed by atoms with Crippen LogP contribution in [-0.2, 0) is 22.6 Å². The lowest BCUT2D eigenvalue weighted by molar-refractivity contribution is -0.144. The zero-order chi connectivity index (χ0) is 33.3. The minimum absolute atomic E-state index is 0.0258. The highest BCUT2D eigenvalue weighted by Crippen LogP contribution is 2.30. The van der Waals surface area contributed by atoms with Crippen LogP contribution < -0.4 is 20.6 Å². The second-order valence-corrected chi connectivity index (χ2v) is 11.5. The van der Waals surface area contributed by atoms with Crippen molar-refractivity contribution in [2.75, 3.05) is 38.6 Å². The third-order valence-electron chi connectivity index (χ3n) is 8.14. The molecule has 1 atom stereocenters. The summed E-state index contributed by atoms with van der Waals surface area (Å²) in [7, 11) is 1.62. The van der Waals surface area contributed by atoms with Crippen molar-refractivity contribution >= 4 is 34.8 Å². The SMILES string of the molecule is COc1ccc(C(C)N2CCN(C(=O)C(=O)Nc3ccc(OCc4ccc(F)cc4)c(Cl)c3)CC2)c(/C(Cc2ccncc2)=N\N)c1. The van der Waals surface area contributed by atoms with E-state index in [0.29, 0.717) is 49.8 Å². The summed E-state index contributed by atoms with van der Waals surface area (Å²) in [6, 6.07) is 20.4. The molecule has 0 bridgehead atoms. The molecule has 4 aromatic rings. The number of pyridine rings is 1. The van der Waals surface area contributed by atoms with Crippen molar-refractivity contribution in [1.82, 2.24) is 14.8 Å². The van der Waals surface area contributed by atoms with E-state index < -0.39 is 11.8 Å². The van der Waals surface area contributed by atoms with Gasteiger partial charge in [-0.2, -0.15) is 5.10 Å². The summed E-state index contributed by atoms with van der Waals surface area (Å²) in [5, 5.41) is 7.04. The Kier molecular flexibility index (Phi) is 11.0. The largest absolute Gasteiger partial charge is 0.497 e. The molecule has 1 aliphatic heterocycles. The van der Waals surface area contributed by atoms with Gasteiger partial charge in [-0.25, -0.2) is 4.39 Å². The minimum atomic E-state index is -0.750. The van der Waals surface area contributed by atoms with Crippen LogP contribution in [0.2, 0.25) is 5.02 Å². The van der Waals surface area contributed by atoms with Crippen molar-refractivity contribution < 1.29 is 23.5 Å². The first kappa shape index (κ1) is 33.4. The third-order valence-corrected chi connectivity index (χ3v) is 8.43. The lowest BCUT2D eigenvalue weighted by Gasteiger charge is -2.38. The number of hydrogen-bond acceptors (Lipinski definition) is 8. The van der Waals surface area contributed by atoms with Crippen molar-refractivity contribution in [2.24, 2.45) is 10.9 Å². The molecule has 5 rings (SSSR count). The third kappa shape index (κ3) is 8.43. The molecule has 1 unspecified atom stereocenters. The van der Waals surface area contributed by atoms with E-state index >= 15 is 0 Å². The molecular weight excluding hydrogens is 623 g/mol. The Morgan fingerprint density at radius 2 is 1.72 bits per heavy atom. The number of amides is 2. The summed E-state index contributed by atoms with van der Waals surface area (Å²) in [4.78, 5) is 33.9. The Labute approximate surface area is 277 Å². The lowest BCUT2D eigenvalue weighted by Crippen LogP contribution is -2.52. The van der Waals surface area contributed by atoms with Crippen molar-refractivity contribution in [2.45, 2.75) is 26.0 Å². The van der Waals surface area contributed by atoms with Gasteiger partial charge in [0.1, 0.15) is 23.9 Å². The molecular formula is C35H36ClFN6O4. The van der Waals surface area contributed by atoms with E-state index in [1.54, 1.807) is 48.7 Å². The number of methoxy groups -OCH3 is 1. The summed E-state index contributed by atoms with van der Waals surface area (Å²) in [5.74, 6) is 5.29. The summed E-state index contributed by atoms with van der Waals surface area (Å²) in [5.41, 5.74) is 4.81. The molecule has 1 fully saturated rings. The van der Waals surface area contributed by atoms with Gasteiger partial charge in [-0.05, 0) is 78.2 Å². The fourth-order valence-corrected chi connectivity index (χ4v) is 5.69. The number of halogens is 2. The van der Waals surface area contributed by atoms with Gasteiger partial charge in [-0.15, -0.1) is 0 Å². The molecule has 0 aliphatic carbocycles. The molecule has 1 aromatic heterocycles. The van der Waals surface area contributed by atoms with Crippen LogP contribution in [0.25, 0.3) is 0 Å². The van der Waals surface area contributed by atoms with Crippen LogP contribution in [0.4, 0.5) is 10.1 Å². The first-order valence-corrected chi connectivity index (χ1v) is 15.5. The molecule has 1 aliphatic rings. The van der Waals surface area contributed by atoms with Crippen LogP contribution in [0, 0.1) is 5.82 Å². The standard InChI is InChI=1S/C35H36ClFN6O4/c1-23(29-9-8-28(46-2)21-30(29)32(41-38)19-24-11-13-39-14-12-24)42-15-17-43(18-16-42)35(45)34(44)40-27-7-10-33(31(36)20-27)47-22-25-3-5-26(37)6-4-25/h3-14,20-21,23H,15-19,22,38H2,1-2H3,(H,40,44)/b41-32-. The fraction of sp³-hybridized carbons (Fsp3) is 0.257. The number of hydrazone groups is 1. The molecule has 12 heteroatoms. The van der Waals surface area contributed by atoms with E-state index in [4.69, 9.17) is 26.9 Å². The second-order valence-electron chi connectivity index (χ2n) is 11.1. The van der Waals surface area contributed by atoms with E-state index in [9.17, 15) is 14.0 Å². The van der Waals surface area contributed by atoms with Crippen LogP contribution in [-0.4, -0.2) is 65.6 Å². The van der Waals surface area contributed by atoms with Gasteiger partial charge < -0.3 is 25.5 Å². The molecule has 0 spiro atoms. The highest BCUT2D eigenvalue weighted by atomic mass is 35.5. The predicted octanol–water partition coefficient (Wildman–Crippen LogP) is 5.21. The van der Waals surface area contributed by atoms with Crippen LogP contribution in [0.3, 0.4) is 0 Å². The summed E-state index contributed by atoms with van der Waals surface area (Å²) < 4.78 is 24.4. The Morgan fingerprint density at radius 1 is 1.00 bits per heavy atom. The molecule has 2 heterocycles. The maximum Gasteiger partial charge on any atom is 0.313 e. The number of rotatable bonds is 10. The molecule has 47 heavy (non-hydrogen) atoms. The first-order valence-electron chi connectivity index (χ1n) is 15.1. The average Bonchev–Trinajstić information content (AvgIpc) is 3.10. The predicted molar refractivity (Wildman–Crippen MR) is 179 cm³/mol.